The summed E-state index contributed by atoms with van der Waals surface area (Å²) in [5, 5.41) is 67.6. The first kappa shape index (κ1) is 25.5. The molecule has 36 heavy (non-hydrogen) atoms. The molecule has 8 aliphatic carbocycles. The molecule has 8 saturated carbocycles. The van der Waals surface area contributed by atoms with E-state index in [4.69, 9.17) is 4.74 Å². The van der Waals surface area contributed by atoms with Gasteiger partial charge in [-0.2, -0.15) is 0 Å². The molecule has 9 rings (SSSR count). The lowest BCUT2D eigenvalue weighted by Gasteiger charge is -2.61. The Bertz CT molecular complexity index is 930. The Hall–Kier alpha value is -0.770. The van der Waals surface area contributed by atoms with Gasteiger partial charge in [0.25, 0.3) is 5.79 Å². The maximum absolute atomic E-state index is 13.0. The van der Waals surface area contributed by atoms with E-state index in [2.05, 4.69) is 6.92 Å². The van der Waals surface area contributed by atoms with Crippen LogP contribution in [-0.2, 0) is 9.53 Å². The van der Waals surface area contributed by atoms with Gasteiger partial charge in [-0.3, -0.25) is 4.79 Å². The Labute approximate surface area is 213 Å². The zero-order chi connectivity index (χ0) is 25.9. The minimum atomic E-state index is -3.34. The van der Waals surface area contributed by atoms with E-state index in [9.17, 15) is 35.4 Å². The van der Waals surface area contributed by atoms with Gasteiger partial charge in [0, 0.05) is 10.8 Å². The van der Waals surface area contributed by atoms with Crippen LogP contribution in [0.1, 0.15) is 110 Å². The lowest BCUT2D eigenvalue weighted by atomic mass is 9.45. The van der Waals surface area contributed by atoms with Crippen molar-refractivity contribution in [2.75, 3.05) is 6.61 Å². The Morgan fingerprint density at radius 1 is 0.806 bits per heavy atom. The van der Waals surface area contributed by atoms with Crippen LogP contribution in [0, 0.1) is 27.1 Å². The van der Waals surface area contributed by atoms with Crippen molar-refractivity contribution < 1.29 is 40.2 Å². The Kier molecular flexibility index (Phi) is 5.28. The topological polar surface area (TPSA) is 148 Å². The van der Waals surface area contributed by atoms with Gasteiger partial charge >= 0.3 is 5.97 Å². The summed E-state index contributed by atoms with van der Waals surface area (Å²) in [4.78, 5) is 13.0. The van der Waals surface area contributed by atoms with E-state index >= 15 is 0 Å². The summed E-state index contributed by atoms with van der Waals surface area (Å²) >= 11 is 0. The second-order valence-corrected chi connectivity index (χ2v) is 14.1. The number of unbranched alkanes of at least 4 members (excludes halogenated alkanes) is 7. The van der Waals surface area contributed by atoms with Crippen molar-refractivity contribution >= 4 is 5.97 Å². The molecule has 8 heteroatoms. The van der Waals surface area contributed by atoms with Gasteiger partial charge in [-0.1, -0.05) is 58.3 Å². The highest BCUT2D eigenvalue weighted by Crippen LogP contribution is 2.98. The van der Waals surface area contributed by atoms with Crippen molar-refractivity contribution in [1.29, 1.82) is 0 Å². The quantitative estimate of drug-likeness (QED) is 0.134. The van der Waals surface area contributed by atoms with E-state index < -0.39 is 39.5 Å². The molecule has 1 saturated heterocycles. The zero-order valence-electron chi connectivity index (χ0n) is 21.6. The van der Waals surface area contributed by atoms with Gasteiger partial charge in [0.15, 0.2) is 0 Å². The highest BCUT2D eigenvalue weighted by atomic mass is 16.6. The maximum Gasteiger partial charge on any atom is 0.312 e. The lowest BCUT2D eigenvalue weighted by Crippen LogP contribution is -2.77. The number of ether oxygens (including phenoxy) is 1. The van der Waals surface area contributed by atoms with Gasteiger partial charge in [-0.05, 0) is 62.2 Å². The highest BCUT2D eigenvalue weighted by Gasteiger charge is 2.98. The first-order valence-corrected chi connectivity index (χ1v) is 14.3. The second-order valence-electron chi connectivity index (χ2n) is 14.1. The van der Waals surface area contributed by atoms with Crippen molar-refractivity contribution in [3.8, 4) is 0 Å². The first-order chi connectivity index (χ1) is 16.8. The monoisotopic (exact) mass is 508 g/mol. The molecular weight excluding hydrogens is 464 g/mol. The molecule has 6 N–H and O–H groups in total. The third-order valence-corrected chi connectivity index (χ3v) is 12.1. The Morgan fingerprint density at radius 2 is 1.36 bits per heavy atom. The predicted octanol–water partition coefficient (Wildman–Crippen LogP) is 2.26. The molecule has 0 amide bonds. The number of esters is 1. The van der Waals surface area contributed by atoms with E-state index in [1.165, 1.54) is 19.3 Å². The van der Waals surface area contributed by atoms with Gasteiger partial charge < -0.3 is 35.4 Å². The van der Waals surface area contributed by atoms with E-state index in [1.54, 1.807) is 0 Å². The highest BCUT2D eigenvalue weighted by molar-refractivity contribution is 5.84. The van der Waals surface area contributed by atoms with Crippen LogP contribution in [0.3, 0.4) is 0 Å². The molecule has 8 nitrogen and oxygen atoms in total. The molecule has 1 heterocycles. The van der Waals surface area contributed by atoms with Crippen LogP contribution in [-0.4, -0.2) is 66.5 Å². The largest absolute Gasteiger partial charge is 0.465 e. The average Bonchev–Trinajstić information content (AvgIpc) is 3.51. The zero-order valence-corrected chi connectivity index (χ0v) is 21.6. The lowest BCUT2D eigenvalue weighted by molar-refractivity contribution is -0.446. The fourth-order valence-electron chi connectivity index (χ4n) is 11.0. The Morgan fingerprint density at radius 3 is 1.97 bits per heavy atom. The summed E-state index contributed by atoms with van der Waals surface area (Å²) in [6.45, 7) is 2.55. The summed E-state index contributed by atoms with van der Waals surface area (Å²) in [5.41, 5.74) is -5.05. The van der Waals surface area contributed by atoms with Gasteiger partial charge in [0.2, 0.25) is 5.79 Å². The number of rotatable bonds is 12. The summed E-state index contributed by atoms with van der Waals surface area (Å²) in [6, 6.07) is 0. The van der Waals surface area contributed by atoms with Crippen molar-refractivity contribution in [1.82, 2.24) is 0 Å². The third-order valence-electron chi connectivity index (χ3n) is 12.1. The maximum atomic E-state index is 13.0. The predicted molar refractivity (Wildman–Crippen MR) is 128 cm³/mol. The number of cyclic esters (lactones) is 1. The number of aliphatic hydroxyl groups is 6. The molecule has 3 unspecified atom stereocenters. The molecule has 9 fully saturated rings. The molecule has 204 valence electrons. The van der Waals surface area contributed by atoms with E-state index in [0.29, 0.717) is 45.1 Å². The molecule has 1 spiro atoms. The molecule has 1 aliphatic heterocycles. The number of carbonyl (C=O) groups excluding carboxylic acids is 1. The molecule has 0 aromatic heterocycles. The fraction of sp³-hybridized carbons (Fsp3) is 0.964. The minimum Gasteiger partial charge on any atom is -0.465 e. The first-order valence-electron chi connectivity index (χ1n) is 14.3. The average molecular weight is 509 g/mol. The molecule has 9 aliphatic rings. The summed E-state index contributed by atoms with van der Waals surface area (Å²) < 4.78 is 5.53. The number of fused-ring (bicyclic) bond motifs is 1. The normalized spacial score (nSPS) is 46.6. The van der Waals surface area contributed by atoms with Gasteiger partial charge in [0.05, 0.1) is 12.0 Å². The molecular formula is C28H44O8. The molecule has 4 bridgehead atoms. The molecule has 0 radical (unpaired) electrons. The Balaban J connectivity index is 1.18. The van der Waals surface area contributed by atoms with Gasteiger partial charge in [0.1, 0.15) is 11.7 Å². The summed E-state index contributed by atoms with van der Waals surface area (Å²) in [7, 11) is 0. The third kappa shape index (κ3) is 2.65. The van der Waals surface area contributed by atoms with Crippen LogP contribution in [0.2, 0.25) is 0 Å². The second kappa shape index (κ2) is 7.45. The molecule has 3 atom stereocenters. The molecule has 0 aromatic carbocycles. The summed E-state index contributed by atoms with van der Waals surface area (Å²) in [6.07, 6.45) is 10.3. The number of aliphatic hydroxyl groups excluding tert-OH is 1. The smallest absolute Gasteiger partial charge is 0.312 e. The van der Waals surface area contributed by atoms with Crippen LogP contribution in [0.25, 0.3) is 0 Å². The summed E-state index contributed by atoms with van der Waals surface area (Å²) in [5.74, 6) is -6.89. The number of hydrogen-bond donors (Lipinski definition) is 6. The van der Waals surface area contributed by atoms with Crippen molar-refractivity contribution in [3.05, 3.63) is 0 Å². The number of hydrogen-bond acceptors (Lipinski definition) is 8. The van der Waals surface area contributed by atoms with E-state index in [-0.39, 0.29) is 29.6 Å². The van der Waals surface area contributed by atoms with Crippen molar-refractivity contribution in [2.24, 2.45) is 27.1 Å². The van der Waals surface area contributed by atoms with Crippen LogP contribution in [0.5, 0.6) is 0 Å². The van der Waals surface area contributed by atoms with Crippen molar-refractivity contribution in [2.45, 2.75) is 133 Å². The van der Waals surface area contributed by atoms with E-state index in [0.717, 1.165) is 32.1 Å². The van der Waals surface area contributed by atoms with Gasteiger partial charge in [-0.15, -0.1) is 0 Å². The minimum absolute atomic E-state index is 0.0103. The van der Waals surface area contributed by atoms with Crippen LogP contribution in [0.4, 0.5) is 0 Å². The van der Waals surface area contributed by atoms with Gasteiger partial charge in [-0.25, -0.2) is 0 Å². The standard InChI is InChI=1S/C28H44O8/c1-2-3-4-5-6-7-8-9-10-19(29)27(32,33)28(34,35)26(31)17-21-13-24(25(26,14-21)15-21)16-22-11-23(24,12-22)20(30)36-18-22/h19,29,31-35H,2-18H2,1H3. The number of carbonyl (C=O) groups is 1. The van der Waals surface area contributed by atoms with E-state index in [1.807, 2.05) is 0 Å². The molecule has 0 aromatic rings. The fourth-order valence-corrected chi connectivity index (χ4v) is 11.0. The SMILES string of the molecule is CCCCCCCCCCC(O)C(O)(O)C(O)(O)C1(O)CC23CC4(CC56COC(=O)C4(C5)C6)C1(C2)C3. The van der Waals surface area contributed by atoms with Crippen LogP contribution < -0.4 is 0 Å². The van der Waals surface area contributed by atoms with Crippen molar-refractivity contribution in [3.63, 3.8) is 0 Å². The van der Waals surface area contributed by atoms with Crippen LogP contribution >= 0.6 is 0 Å². The van der Waals surface area contributed by atoms with Crippen LogP contribution in [0.15, 0.2) is 0 Å².